The summed E-state index contributed by atoms with van der Waals surface area (Å²) in [7, 11) is 1.17. The van der Waals surface area contributed by atoms with Gasteiger partial charge in [0.15, 0.2) is 0 Å². The molecule has 3 unspecified atom stereocenters. The second-order valence-electron chi connectivity index (χ2n) is 25.7. The zero-order valence-electron chi connectivity index (χ0n) is 56.8. The summed E-state index contributed by atoms with van der Waals surface area (Å²) in [5, 5.41) is 3.03. The fourth-order valence-corrected chi connectivity index (χ4v) is 11.3. The van der Waals surface area contributed by atoms with Gasteiger partial charge in [0, 0.05) is 12.8 Å². The van der Waals surface area contributed by atoms with Crippen molar-refractivity contribution in [3.8, 4) is 0 Å². The van der Waals surface area contributed by atoms with Gasteiger partial charge in [-0.05, 0) is 76.7 Å². The SMILES string of the molecule is CC/C=C\C/C=C\C/C=C\C/C=C\C/C=C\CCCCCC(=O)NC(COP(=O)([O-])OCC[N+](C)(C)C)C(/C=C\CCCCCCCCCCCCC)OC(=O)CCCCCCCCCCCCCCCCCCCCCCCCCCCCC. The van der Waals surface area contributed by atoms with Crippen LogP contribution >= 0.6 is 7.82 Å². The van der Waals surface area contributed by atoms with Gasteiger partial charge in [-0.1, -0.05) is 325 Å². The molecular weight excluding hydrogens is 1070 g/mol. The number of esters is 1. The van der Waals surface area contributed by atoms with Crippen LogP contribution in [0.25, 0.3) is 0 Å². The number of carbonyl (C=O) groups is 2. The topological polar surface area (TPSA) is 114 Å². The van der Waals surface area contributed by atoms with Crippen LogP contribution in [0.1, 0.15) is 342 Å². The molecule has 0 aromatic rings. The summed E-state index contributed by atoms with van der Waals surface area (Å²) in [5.74, 6) is -0.566. The molecule has 0 saturated heterocycles. The number of likely N-dealkylation sites (N-methyl/N-ethyl adjacent to an activating group) is 1. The first-order valence-corrected chi connectivity index (χ1v) is 37.7. The zero-order chi connectivity index (χ0) is 62.1. The predicted octanol–water partition coefficient (Wildman–Crippen LogP) is 22.5. The van der Waals surface area contributed by atoms with Gasteiger partial charge in [-0.2, -0.15) is 0 Å². The second-order valence-corrected chi connectivity index (χ2v) is 27.1. The van der Waals surface area contributed by atoms with Crippen LogP contribution in [-0.2, 0) is 27.9 Å². The van der Waals surface area contributed by atoms with Crippen molar-refractivity contribution in [3.63, 3.8) is 0 Å². The molecule has 0 spiro atoms. The van der Waals surface area contributed by atoms with Gasteiger partial charge < -0.3 is 28.5 Å². The van der Waals surface area contributed by atoms with Crippen LogP contribution in [0.4, 0.5) is 0 Å². The molecule has 0 aliphatic heterocycles. The molecule has 0 radical (unpaired) electrons. The average Bonchev–Trinajstić information content (AvgIpc) is 3.50. The van der Waals surface area contributed by atoms with E-state index in [0.29, 0.717) is 17.4 Å². The van der Waals surface area contributed by atoms with E-state index in [-0.39, 0.29) is 31.3 Å². The van der Waals surface area contributed by atoms with Crippen molar-refractivity contribution in [2.45, 2.75) is 354 Å². The number of nitrogens with one attached hydrogen (secondary N) is 1. The van der Waals surface area contributed by atoms with E-state index in [2.05, 4.69) is 86.8 Å². The quantitative estimate of drug-likeness (QED) is 0.0212. The number of rotatable bonds is 66. The highest BCUT2D eigenvalue weighted by Gasteiger charge is 2.27. The number of allylic oxidation sites excluding steroid dienone is 11. The Balaban J connectivity index is 5.06. The first kappa shape index (κ1) is 82.5. The molecule has 0 saturated carbocycles. The largest absolute Gasteiger partial charge is 0.756 e. The fraction of sp³-hybridized carbons (Fsp3) is 0.813. The van der Waals surface area contributed by atoms with E-state index in [1.165, 1.54) is 212 Å². The summed E-state index contributed by atoms with van der Waals surface area (Å²) in [4.78, 5) is 40.2. The molecule has 496 valence electrons. The molecule has 0 rings (SSSR count). The number of carbonyl (C=O) groups excluding carboxylic acids is 2. The normalized spacial score (nSPS) is 13.9. The number of phosphoric ester groups is 1. The van der Waals surface area contributed by atoms with Crippen LogP contribution in [0.2, 0.25) is 0 Å². The van der Waals surface area contributed by atoms with Crippen LogP contribution in [0.15, 0.2) is 72.9 Å². The van der Waals surface area contributed by atoms with Gasteiger partial charge in [0.1, 0.15) is 19.3 Å². The highest BCUT2D eigenvalue weighted by Crippen LogP contribution is 2.38. The van der Waals surface area contributed by atoms with E-state index in [1.807, 2.05) is 33.3 Å². The van der Waals surface area contributed by atoms with E-state index in [9.17, 15) is 19.0 Å². The van der Waals surface area contributed by atoms with Crippen molar-refractivity contribution >= 4 is 19.7 Å². The smallest absolute Gasteiger partial charge is 0.306 e. The molecule has 1 N–H and O–H groups in total. The number of amides is 1. The second kappa shape index (κ2) is 64.4. The third kappa shape index (κ3) is 65.7. The number of nitrogens with zero attached hydrogens (tertiary/aromatic N) is 1. The first-order chi connectivity index (χ1) is 41.4. The van der Waals surface area contributed by atoms with Gasteiger partial charge in [0.05, 0.1) is 33.8 Å². The van der Waals surface area contributed by atoms with E-state index in [1.54, 1.807) is 0 Å². The lowest BCUT2D eigenvalue weighted by molar-refractivity contribution is -0.870. The molecule has 1 amide bonds. The monoisotopic (exact) mass is 1210 g/mol. The van der Waals surface area contributed by atoms with Gasteiger partial charge in [-0.3, -0.25) is 14.2 Å². The summed E-state index contributed by atoms with van der Waals surface area (Å²) in [6.45, 7) is 6.75. The van der Waals surface area contributed by atoms with Crippen LogP contribution in [0.5, 0.6) is 0 Å². The molecule has 0 bridgehead atoms. The average molecular weight is 1210 g/mol. The predicted molar refractivity (Wildman–Crippen MR) is 367 cm³/mol. The van der Waals surface area contributed by atoms with Gasteiger partial charge in [0.25, 0.3) is 7.82 Å². The van der Waals surface area contributed by atoms with Gasteiger partial charge in [-0.25, -0.2) is 0 Å². The minimum atomic E-state index is -4.72. The van der Waals surface area contributed by atoms with Crippen molar-refractivity contribution in [2.75, 3.05) is 40.9 Å². The number of hydrogen-bond acceptors (Lipinski definition) is 7. The van der Waals surface area contributed by atoms with Crippen LogP contribution in [-0.4, -0.2) is 69.4 Å². The molecule has 3 atom stereocenters. The number of phosphoric acid groups is 1. The number of hydrogen-bond donors (Lipinski definition) is 1. The minimum Gasteiger partial charge on any atom is -0.756 e. The number of unbranched alkanes of at least 4 members (excludes halogenated alkanes) is 40. The Hall–Kier alpha value is -2.55. The first-order valence-electron chi connectivity index (χ1n) is 36.2. The molecule has 0 aliphatic rings. The number of quaternary nitrogens is 1. The molecule has 0 aromatic heterocycles. The van der Waals surface area contributed by atoms with E-state index in [4.69, 9.17) is 13.8 Å². The van der Waals surface area contributed by atoms with Gasteiger partial charge >= 0.3 is 5.97 Å². The molecule has 0 aliphatic carbocycles. The Morgan fingerprint density at radius 2 is 0.753 bits per heavy atom. The maximum absolute atomic E-state index is 13.6. The van der Waals surface area contributed by atoms with E-state index >= 15 is 0 Å². The maximum atomic E-state index is 13.6. The third-order valence-electron chi connectivity index (χ3n) is 16.2. The van der Waals surface area contributed by atoms with Gasteiger partial charge in [-0.15, -0.1) is 0 Å². The van der Waals surface area contributed by atoms with E-state index < -0.39 is 26.6 Å². The highest BCUT2D eigenvalue weighted by molar-refractivity contribution is 7.45. The molecule has 0 heterocycles. The lowest BCUT2D eigenvalue weighted by atomic mass is 10.0. The Morgan fingerprint density at radius 3 is 1.14 bits per heavy atom. The summed E-state index contributed by atoms with van der Waals surface area (Å²) in [6, 6.07) is -0.908. The van der Waals surface area contributed by atoms with Crippen LogP contribution in [0, 0.1) is 0 Å². The third-order valence-corrected chi connectivity index (χ3v) is 17.1. The van der Waals surface area contributed by atoms with Crippen molar-refractivity contribution in [1.29, 1.82) is 0 Å². The molecule has 9 nitrogen and oxygen atoms in total. The van der Waals surface area contributed by atoms with Gasteiger partial charge in [0.2, 0.25) is 5.91 Å². The maximum Gasteiger partial charge on any atom is 0.306 e. The Morgan fingerprint density at radius 1 is 0.424 bits per heavy atom. The summed E-state index contributed by atoms with van der Waals surface area (Å²) >= 11 is 0. The lowest BCUT2D eigenvalue weighted by Gasteiger charge is -2.30. The molecule has 0 fully saturated rings. The molecule has 10 heteroatoms. The standard InChI is InChI=1S/C75H139N2O7P/c1-7-10-13-16-19-22-25-28-30-32-34-35-36-37-38-39-40-41-43-45-47-50-53-56-59-62-65-68-75(79)84-73(66-63-60-57-54-51-48-27-24-21-18-15-12-9-3)72(71-83-85(80,81)82-70-69-77(4,5)6)76-74(78)67-64-61-58-55-52-49-46-44-42-33-31-29-26-23-20-17-14-11-8-2/h11,14,20,23,29,31,42,44,49,52,63,66,72-73H,7-10,12-13,15-19,21-22,24-28,30,32-41,43,45-48,50-51,53-62,64-65,67-71H2,1-6H3,(H-,76,78,80,81)/b14-11-,23-20-,31-29-,44-42-,52-49-,66-63-. The molecule has 0 aromatic carbocycles. The fourth-order valence-electron chi connectivity index (χ4n) is 10.6. The van der Waals surface area contributed by atoms with Crippen molar-refractivity contribution < 1.29 is 37.3 Å². The Labute approximate surface area is 527 Å². The molecular formula is C75H139N2O7P. The highest BCUT2D eigenvalue weighted by atomic mass is 31.2. The molecule has 85 heavy (non-hydrogen) atoms. The number of ether oxygens (including phenoxy) is 1. The Bertz CT molecular complexity index is 1680. The summed E-state index contributed by atoms with van der Waals surface area (Å²) in [5.41, 5.74) is 0. The van der Waals surface area contributed by atoms with Crippen LogP contribution < -0.4 is 10.2 Å². The minimum absolute atomic E-state index is 0.0299. The van der Waals surface area contributed by atoms with Crippen LogP contribution in [0.3, 0.4) is 0 Å². The van der Waals surface area contributed by atoms with E-state index in [0.717, 1.165) is 89.9 Å². The Kier molecular flexibility index (Phi) is 62.5. The summed E-state index contributed by atoms with van der Waals surface area (Å²) < 4.78 is 30.4. The van der Waals surface area contributed by atoms with Crippen molar-refractivity contribution in [2.24, 2.45) is 0 Å². The lowest BCUT2D eigenvalue weighted by Crippen LogP contribution is -2.47. The van der Waals surface area contributed by atoms with Crippen molar-refractivity contribution in [1.82, 2.24) is 5.32 Å². The zero-order valence-corrected chi connectivity index (χ0v) is 57.7. The summed E-state index contributed by atoms with van der Waals surface area (Å²) in [6.07, 6.45) is 84.7. The van der Waals surface area contributed by atoms with Crippen molar-refractivity contribution in [3.05, 3.63) is 72.9 Å².